The van der Waals surface area contributed by atoms with Gasteiger partial charge in [-0.25, -0.2) is 4.98 Å². The molecule has 5 heteroatoms. The summed E-state index contributed by atoms with van der Waals surface area (Å²) in [7, 11) is 0. The minimum Gasteiger partial charge on any atom is -0.475 e. The average molecular weight is 243 g/mol. The van der Waals surface area contributed by atoms with Gasteiger partial charge in [0.05, 0.1) is 6.61 Å². The highest BCUT2D eigenvalue weighted by atomic mass is 35.5. The summed E-state index contributed by atoms with van der Waals surface area (Å²) < 4.78 is 10.6. The van der Waals surface area contributed by atoms with Crippen molar-refractivity contribution in [2.24, 2.45) is 0 Å². The topological polar surface area (TPSA) is 44.2 Å². The van der Waals surface area contributed by atoms with E-state index in [1.165, 1.54) is 0 Å². The first-order valence-electron chi connectivity index (χ1n) is 5.54. The normalized spacial score (nSPS) is 15.1. The van der Waals surface area contributed by atoms with Gasteiger partial charge in [-0.3, -0.25) is 0 Å². The number of nitrogens with zero attached hydrogens (tertiary/aromatic N) is 2. The van der Waals surface area contributed by atoms with Crippen molar-refractivity contribution >= 4 is 11.6 Å². The summed E-state index contributed by atoms with van der Waals surface area (Å²) in [5.41, 5.74) is 0. The van der Waals surface area contributed by atoms with Crippen LogP contribution < -0.4 is 4.74 Å². The van der Waals surface area contributed by atoms with Crippen LogP contribution in [0.15, 0.2) is 6.07 Å². The van der Waals surface area contributed by atoms with Gasteiger partial charge in [-0.1, -0.05) is 11.6 Å². The molecule has 0 aliphatic heterocycles. The Balaban J connectivity index is 1.92. The van der Waals surface area contributed by atoms with Gasteiger partial charge in [0.25, 0.3) is 0 Å². The van der Waals surface area contributed by atoms with Gasteiger partial charge in [0.2, 0.25) is 5.88 Å². The quantitative estimate of drug-likeness (QED) is 0.568. The molecule has 1 aliphatic rings. The zero-order valence-corrected chi connectivity index (χ0v) is 10.0. The smallest absolute Gasteiger partial charge is 0.218 e. The van der Waals surface area contributed by atoms with E-state index < -0.39 is 0 Å². The van der Waals surface area contributed by atoms with Gasteiger partial charge in [-0.2, -0.15) is 4.98 Å². The van der Waals surface area contributed by atoms with E-state index >= 15 is 0 Å². The number of rotatable bonds is 6. The number of halogens is 1. The average Bonchev–Trinajstić information content (AvgIpc) is 3.07. The van der Waals surface area contributed by atoms with E-state index in [2.05, 4.69) is 9.97 Å². The maximum Gasteiger partial charge on any atom is 0.218 e. The molecule has 0 amide bonds. The fourth-order valence-corrected chi connectivity index (χ4v) is 1.54. The van der Waals surface area contributed by atoms with Crippen LogP contribution >= 0.6 is 11.6 Å². The second-order valence-corrected chi connectivity index (χ2v) is 4.09. The van der Waals surface area contributed by atoms with E-state index in [4.69, 9.17) is 21.1 Å². The summed E-state index contributed by atoms with van der Waals surface area (Å²) in [5, 5.41) is 0.448. The Morgan fingerprint density at radius 2 is 2.19 bits per heavy atom. The second kappa shape index (κ2) is 5.46. The Kier molecular flexibility index (Phi) is 3.96. The molecule has 1 saturated carbocycles. The highest BCUT2D eigenvalue weighted by Crippen LogP contribution is 2.38. The van der Waals surface area contributed by atoms with E-state index in [9.17, 15) is 0 Å². The third-order valence-corrected chi connectivity index (χ3v) is 2.51. The first-order chi connectivity index (χ1) is 7.79. The SMILES string of the molecule is CCOCCOc1cc(Cl)nc(C2CC2)n1. The lowest BCUT2D eigenvalue weighted by molar-refractivity contribution is 0.108. The Bertz CT molecular complexity index is 356. The molecule has 1 aromatic heterocycles. The van der Waals surface area contributed by atoms with Crippen molar-refractivity contribution in [3.8, 4) is 5.88 Å². The molecule has 88 valence electrons. The standard InChI is InChI=1S/C11H15ClN2O2/c1-2-15-5-6-16-10-7-9(12)13-11(14-10)8-3-4-8/h7-8H,2-6H2,1H3. The van der Waals surface area contributed by atoms with E-state index in [1.54, 1.807) is 6.07 Å². The van der Waals surface area contributed by atoms with Crippen molar-refractivity contribution in [3.05, 3.63) is 17.0 Å². The summed E-state index contributed by atoms with van der Waals surface area (Å²) >= 11 is 5.90. The molecule has 2 rings (SSSR count). The summed E-state index contributed by atoms with van der Waals surface area (Å²) in [6.45, 7) is 3.70. The maximum absolute atomic E-state index is 5.90. The molecule has 0 unspecified atom stereocenters. The lowest BCUT2D eigenvalue weighted by atomic mass is 10.4. The first-order valence-corrected chi connectivity index (χ1v) is 5.92. The molecule has 1 aliphatic carbocycles. The number of aromatic nitrogens is 2. The molecule has 0 saturated heterocycles. The Labute approximate surface area is 99.9 Å². The van der Waals surface area contributed by atoms with Crippen LogP contribution in [0.5, 0.6) is 5.88 Å². The fourth-order valence-electron chi connectivity index (χ4n) is 1.36. The predicted octanol–water partition coefficient (Wildman–Crippen LogP) is 2.42. The zero-order valence-electron chi connectivity index (χ0n) is 9.28. The molecule has 0 atom stereocenters. The third kappa shape index (κ3) is 3.32. The van der Waals surface area contributed by atoms with Crippen molar-refractivity contribution in [1.82, 2.24) is 9.97 Å². The van der Waals surface area contributed by atoms with Crippen molar-refractivity contribution in [2.75, 3.05) is 19.8 Å². The Morgan fingerprint density at radius 1 is 1.38 bits per heavy atom. The lowest BCUT2D eigenvalue weighted by Gasteiger charge is -2.06. The van der Waals surface area contributed by atoms with E-state index in [1.807, 2.05) is 6.92 Å². The maximum atomic E-state index is 5.90. The van der Waals surface area contributed by atoms with Crippen LogP contribution in [0, 0.1) is 0 Å². The van der Waals surface area contributed by atoms with Crippen LogP contribution in [-0.4, -0.2) is 29.8 Å². The zero-order chi connectivity index (χ0) is 11.4. The molecule has 0 bridgehead atoms. The highest BCUT2D eigenvalue weighted by molar-refractivity contribution is 6.29. The van der Waals surface area contributed by atoms with Crippen LogP contribution in [-0.2, 0) is 4.74 Å². The molecular formula is C11H15ClN2O2. The molecule has 0 aromatic carbocycles. The van der Waals surface area contributed by atoms with Crippen molar-refractivity contribution < 1.29 is 9.47 Å². The molecule has 0 spiro atoms. The Hall–Kier alpha value is -0.870. The largest absolute Gasteiger partial charge is 0.475 e. The van der Waals surface area contributed by atoms with Gasteiger partial charge in [-0.15, -0.1) is 0 Å². The van der Waals surface area contributed by atoms with E-state index in [-0.39, 0.29) is 0 Å². The number of hydrogen-bond donors (Lipinski definition) is 0. The van der Waals surface area contributed by atoms with Crippen LogP contribution in [0.4, 0.5) is 0 Å². The predicted molar refractivity (Wildman–Crippen MR) is 61.0 cm³/mol. The van der Waals surface area contributed by atoms with Gasteiger partial charge >= 0.3 is 0 Å². The fraction of sp³-hybridized carbons (Fsp3) is 0.636. The van der Waals surface area contributed by atoms with Gasteiger partial charge in [0.1, 0.15) is 17.6 Å². The van der Waals surface area contributed by atoms with Crippen molar-refractivity contribution in [2.45, 2.75) is 25.7 Å². The van der Waals surface area contributed by atoms with Gasteiger partial charge in [-0.05, 0) is 19.8 Å². The Morgan fingerprint density at radius 3 is 2.88 bits per heavy atom. The van der Waals surface area contributed by atoms with Crippen LogP contribution in [0.3, 0.4) is 0 Å². The monoisotopic (exact) mass is 242 g/mol. The number of ether oxygens (including phenoxy) is 2. The molecule has 1 heterocycles. The number of hydrogen-bond acceptors (Lipinski definition) is 4. The summed E-state index contributed by atoms with van der Waals surface area (Å²) in [4.78, 5) is 8.50. The molecule has 4 nitrogen and oxygen atoms in total. The van der Waals surface area contributed by atoms with Crippen molar-refractivity contribution in [3.63, 3.8) is 0 Å². The minimum atomic E-state index is 0.448. The molecule has 16 heavy (non-hydrogen) atoms. The van der Waals surface area contributed by atoms with Crippen LogP contribution in [0.1, 0.15) is 31.5 Å². The minimum absolute atomic E-state index is 0.448. The van der Waals surface area contributed by atoms with Crippen LogP contribution in [0.2, 0.25) is 5.15 Å². The summed E-state index contributed by atoms with van der Waals surface area (Å²) in [5.74, 6) is 1.83. The van der Waals surface area contributed by atoms with Gasteiger partial charge < -0.3 is 9.47 Å². The molecule has 1 aromatic rings. The molecule has 1 fully saturated rings. The first kappa shape index (κ1) is 11.6. The van der Waals surface area contributed by atoms with E-state index in [0.29, 0.717) is 36.8 Å². The van der Waals surface area contributed by atoms with E-state index in [0.717, 1.165) is 18.7 Å². The lowest BCUT2D eigenvalue weighted by Crippen LogP contribution is -2.08. The summed E-state index contributed by atoms with van der Waals surface area (Å²) in [6, 6.07) is 1.64. The van der Waals surface area contributed by atoms with Crippen LogP contribution in [0.25, 0.3) is 0 Å². The van der Waals surface area contributed by atoms with Crippen molar-refractivity contribution in [1.29, 1.82) is 0 Å². The second-order valence-electron chi connectivity index (χ2n) is 3.71. The third-order valence-electron chi connectivity index (χ3n) is 2.31. The molecular weight excluding hydrogens is 228 g/mol. The summed E-state index contributed by atoms with van der Waals surface area (Å²) in [6.07, 6.45) is 2.30. The molecule has 0 radical (unpaired) electrons. The van der Waals surface area contributed by atoms with Gasteiger partial charge in [0, 0.05) is 18.6 Å². The molecule has 0 N–H and O–H groups in total. The highest BCUT2D eigenvalue weighted by Gasteiger charge is 2.27. The van der Waals surface area contributed by atoms with Gasteiger partial charge in [0.15, 0.2) is 0 Å².